The highest BCUT2D eigenvalue weighted by atomic mass is 31.2. The summed E-state index contributed by atoms with van der Waals surface area (Å²) >= 11 is 0. The van der Waals surface area contributed by atoms with Crippen LogP contribution in [-0.2, 0) is 92.5 Å². The van der Waals surface area contributed by atoms with Crippen molar-refractivity contribution in [2.75, 3.05) is 108 Å². The summed E-state index contributed by atoms with van der Waals surface area (Å²) in [5, 5.41) is 65.3. The first kappa shape index (κ1) is 87.3. The van der Waals surface area contributed by atoms with Gasteiger partial charge in [-0.15, -0.1) is 75.9 Å². The van der Waals surface area contributed by atoms with Crippen LogP contribution in [-0.4, -0.2) is 389 Å². The van der Waals surface area contributed by atoms with Gasteiger partial charge in [-0.1, -0.05) is 17.2 Å². The molecular weight excluding hydrogens is 1690 g/mol. The molecule has 118 heavy (non-hydrogen) atoms. The molecule has 8 unspecified atom stereocenters. The van der Waals surface area contributed by atoms with E-state index >= 15 is 0 Å². The van der Waals surface area contributed by atoms with Crippen LogP contribution >= 0.6 is 31.3 Å². The molecule has 6 radical (unpaired) electrons. The first-order valence-corrected chi connectivity index (χ1v) is 41.5. The van der Waals surface area contributed by atoms with Gasteiger partial charge in [0.25, 0.3) is 15.6 Å². The zero-order valence-corrected chi connectivity index (χ0v) is 66.3. The molecule has 18 heterocycles. The number of nitrogens with zero attached hydrogens (tertiary/aromatic N) is 28. The quantitative estimate of drug-likeness (QED) is 0.0902. The monoisotopic (exact) mass is 1770 g/mol. The van der Waals surface area contributed by atoms with Crippen molar-refractivity contribution in [3.05, 3.63) is 0 Å². The topological polar surface area (TPSA) is 664 Å². The van der Waals surface area contributed by atoms with Crippen LogP contribution in [0, 0.1) is 5.92 Å². The van der Waals surface area contributed by atoms with Crippen molar-refractivity contribution in [2.45, 2.75) is 113 Å². The number of aliphatic hydroxyl groups is 1. The summed E-state index contributed by atoms with van der Waals surface area (Å²) in [4.78, 5) is 81.8. The van der Waals surface area contributed by atoms with Crippen LogP contribution in [0.3, 0.4) is 0 Å². The van der Waals surface area contributed by atoms with E-state index in [-0.39, 0.29) is 51.8 Å². The number of urea groups is 2. The highest BCUT2D eigenvalue weighted by Crippen LogP contribution is 2.53. The van der Waals surface area contributed by atoms with E-state index in [1.54, 1.807) is 66.1 Å². The normalized spacial score (nSPS) is 42.8. The van der Waals surface area contributed by atoms with Gasteiger partial charge in [0.15, 0.2) is 0 Å². The number of fused-ring (bicyclic) bond motifs is 33. The number of nitrogens with one attached hydrogen (secondary N) is 18. The van der Waals surface area contributed by atoms with E-state index < -0.39 is 169 Å². The molecule has 18 atom stereocenters. The van der Waals surface area contributed by atoms with E-state index in [4.69, 9.17) is 89.8 Å². The van der Waals surface area contributed by atoms with Gasteiger partial charge < -0.3 is 83.4 Å². The molecule has 4 amide bonds. The van der Waals surface area contributed by atoms with Crippen molar-refractivity contribution in [1.29, 1.82) is 0 Å². The molecule has 0 aromatic carbocycles. The Kier molecular flexibility index (Phi) is 26.2. The first-order chi connectivity index (χ1) is 56.5. The molecule has 0 spiro atoms. The van der Waals surface area contributed by atoms with Gasteiger partial charge in [0.1, 0.15) is 57.4 Å². The van der Waals surface area contributed by atoms with Crippen molar-refractivity contribution in [3.8, 4) is 0 Å². The predicted molar refractivity (Wildman–Crippen MR) is 357 cm³/mol. The SMILES string of the molecule is [B][B][C@@H]1O[C@@H]2COP(=O)(O)OCCNC(=O)NCOP(=O)([O-])OC3CC(CONN4N(CO[C@H]2[C@H]1C)N1NNNNN2N(NNN14)N1N2N2N4N(C)N(C)N4N12)O[C@H]3C.[B][B][C@@H]1O[C@@H]2COP(=O)(O)OCCNC(=O)NCOP(=O)([O-])OC3C[C@H](C)OC3CONN3N(CO[C@H]2[C@H]1O)N1NNNNN2N(NNN13)N1N2N2N3N(C)N(C)N3N12. The van der Waals surface area contributed by atoms with Crippen molar-refractivity contribution in [3.63, 3.8) is 0 Å². The van der Waals surface area contributed by atoms with Gasteiger partial charge in [-0.2, -0.15) is 22.1 Å². The first-order valence-electron chi connectivity index (χ1n) is 35.6. The lowest BCUT2D eigenvalue weighted by molar-refractivity contribution is -0.953. The lowest BCUT2D eigenvalue weighted by atomic mass is 9.49. The van der Waals surface area contributed by atoms with E-state index in [1.165, 1.54) is 64.4 Å². The second kappa shape index (κ2) is 35.4. The van der Waals surface area contributed by atoms with E-state index in [9.17, 15) is 52.5 Å². The van der Waals surface area contributed by atoms with Crippen LogP contribution in [0.5, 0.6) is 0 Å². The second-order valence-electron chi connectivity index (χ2n) is 26.8. The van der Waals surface area contributed by atoms with Crippen LogP contribution < -0.4 is 109 Å². The number of amides is 4. The Morgan fingerprint density at radius 3 is 1.35 bits per heavy atom. The minimum Gasteiger partial charge on any atom is -0.756 e. The van der Waals surface area contributed by atoms with E-state index in [2.05, 4.69) is 98.9 Å². The fraction of sp³-hybridized carbons (Fsp3) is 0.946. The van der Waals surface area contributed by atoms with Crippen molar-refractivity contribution in [2.24, 2.45) is 5.92 Å². The zero-order chi connectivity index (χ0) is 82.8. The molecule has 2 bridgehead atoms. The Labute approximate surface area is 669 Å². The Balaban J connectivity index is 0.000000169. The molecular formula is C37H84B4N46O27P4-2. The molecule has 18 saturated heterocycles. The fourth-order valence-electron chi connectivity index (χ4n) is 13.5. The van der Waals surface area contributed by atoms with Gasteiger partial charge in [-0.05, 0) is 129 Å². The zero-order valence-electron chi connectivity index (χ0n) is 62.7. The maximum Gasteiger partial charge on any atom is 0.472 e. The Morgan fingerprint density at radius 2 is 0.864 bits per heavy atom. The third-order valence-corrected chi connectivity index (χ3v) is 23.3. The highest BCUT2D eigenvalue weighted by molar-refractivity contribution is 7.47. The lowest BCUT2D eigenvalue weighted by Gasteiger charge is -2.83. The standard InChI is InChI=1S/C19H44B2N23O13P2.C18H42B2N23O14P2/c1-12-17-16(56-18(12)21-20)9-53-58(46,47)52-6-5-22-19(45)23-10-54-59(48,49)57-15-7-14(55-13(15)2)8-51-30-38-33(11-50-17)34-26-24-25-27-36-37(29-28-35(34)38)42-41(36)43-39-31(3)32(4)40(39)44(42)43;1-11-6-12-13(55-11)7-51-29-37-32(33-25-23-24-26-35-36(28-27-34(33)37)41-40(35)42-38-30(2)31(3)39(38)43(41)42)10-50-16-14(56-17(20-19)15(16)44)8-53-58(46,47)52-5-4-21-18(45)22-9-54-59(48,49)57-12/h12-18,24-30H,5-11H2,1-4H3,(H,46,47)(H,48,49)(H2,22,23,45);11-17,23-29,44H,4-10H2,1-3H3,(H,46,47)(H,48,49)(H2,21,22,45)/p-2/t12-,13+,14?,15?,16-,17+,18-;11-,12?,13?,14+,15+,16+,17+/m10/s1. The summed E-state index contributed by atoms with van der Waals surface area (Å²) in [5.41, 5.74) is 40.2. The van der Waals surface area contributed by atoms with E-state index in [1.807, 2.05) is 71.3 Å². The number of hydrogen-bond acceptors (Lipinski definition) is 67. The molecule has 81 heteroatoms. The average molecular weight is 1770 g/mol. The Morgan fingerprint density at radius 1 is 0.441 bits per heavy atom. The van der Waals surface area contributed by atoms with Gasteiger partial charge in [0.2, 0.25) is 0 Å². The van der Waals surface area contributed by atoms with Crippen LogP contribution in [0.1, 0.15) is 33.6 Å². The number of carbonyl (C=O) groups is 2. The van der Waals surface area contributed by atoms with Gasteiger partial charge in [0, 0.05) is 87.5 Å². The summed E-state index contributed by atoms with van der Waals surface area (Å²) in [6, 6.07) is -3.38. The molecule has 21 N–H and O–H groups in total. The average Bonchev–Trinajstić information content (AvgIpc) is 0.784. The van der Waals surface area contributed by atoms with Crippen LogP contribution in [0.4, 0.5) is 9.59 Å². The molecule has 0 aliphatic carbocycles. The molecule has 73 nitrogen and oxygen atoms in total. The molecule has 18 fully saturated rings. The fourth-order valence-corrected chi connectivity index (χ4v) is 16.7. The molecule has 18 aliphatic rings. The number of carbonyl (C=O) groups excluding carboxylic acids is 2. The van der Waals surface area contributed by atoms with Crippen molar-refractivity contribution < 1.29 is 127 Å². The maximum absolute atomic E-state index is 12.7. The van der Waals surface area contributed by atoms with Crippen molar-refractivity contribution in [1.82, 2.24) is 245 Å². The minimum atomic E-state index is -4.99. The Bertz CT molecular complexity index is 3750. The summed E-state index contributed by atoms with van der Waals surface area (Å²) in [6.45, 7) is 0.137. The molecule has 0 aromatic rings. The van der Waals surface area contributed by atoms with Gasteiger partial charge >= 0.3 is 27.7 Å². The van der Waals surface area contributed by atoms with Crippen LogP contribution in [0.25, 0.3) is 0 Å². The number of phosphoric acid groups is 4. The largest absolute Gasteiger partial charge is 0.756 e. The summed E-state index contributed by atoms with van der Waals surface area (Å²) in [6.07, 6.45) is -9.69. The second-order valence-corrected chi connectivity index (χ2v) is 32.4. The molecule has 0 aromatic heterocycles. The number of phosphoric ester groups is 4. The van der Waals surface area contributed by atoms with Gasteiger partial charge in [-0.3, -0.25) is 45.9 Å². The highest BCUT2D eigenvalue weighted by Gasteiger charge is 2.81. The third-order valence-electron chi connectivity index (χ3n) is 19.4. The van der Waals surface area contributed by atoms with Crippen molar-refractivity contribution >= 4 is 73.2 Å². The van der Waals surface area contributed by atoms with E-state index in [0.717, 1.165) is 7.17 Å². The smallest absolute Gasteiger partial charge is 0.472 e. The number of aliphatic hydroxyl groups excluding tert-OH is 1. The maximum atomic E-state index is 12.7. The van der Waals surface area contributed by atoms with Crippen LogP contribution in [0.2, 0.25) is 0 Å². The third kappa shape index (κ3) is 16.8. The molecule has 0 saturated carbocycles. The number of hydrogen-bond donors (Lipinski definition) is 21. The molecule has 18 aliphatic heterocycles. The Hall–Kier alpha value is -2.80. The summed E-state index contributed by atoms with van der Waals surface area (Å²) in [7, 11) is 2.18. The molecule has 18 rings (SSSR count). The minimum absolute atomic E-state index is 0.0918. The molecule has 658 valence electrons. The number of rotatable bonds is 2. The number of hydrazine groups is 52. The van der Waals surface area contributed by atoms with Gasteiger partial charge in [-0.25, -0.2) is 18.7 Å². The predicted octanol–water partition coefficient (Wildman–Crippen LogP) is -18.6. The van der Waals surface area contributed by atoms with Crippen LogP contribution in [0.15, 0.2) is 0 Å². The number of ether oxygens (including phenoxy) is 6. The van der Waals surface area contributed by atoms with Gasteiger partial charge in [0.05, 0.1) is 90.6 Å². The lowest BCUT2D eigenvalue weighted by Crippen LogP contribution is -3.14. The van der Waals surface area contributed by atoms with E-state index in [0.29, 0.717) is 0 Å². The summed E-state index contributed by atoms with van der Waals surface area (Å²) < 4.78 is 127. The summed E-state index contributed by atoms with van der Waals surface area (Å²) in [5.74, 6) is -0.354.